The molecule has 0 aromatic rings. The fraction of sp³-hybridized carbons (Fsp3) is 0.800. The number of likely N-dealkylation sites (N-methyl/N-ethyl adjacent to an activating group) is 1. The third-order valence-electron chi connectivity index (χ3n) is 6.52. The lowest BCUT2D eigenvalue weighted by Gasteiger charge is -2.31. The van der Waals surface area contributed by atoms with Gasteiger partial charge in [0.05, 0.1) is 6.61 Å². The number of hydrogen-bond acceptors (Lipinski definition) is 6. The lowest BCUT2D eigenvalue weighted by molar-refractivity contribution is -0.145. The molecule has 0 amide bonds. The monoisotopic (exact) mass is 507 g/mol. The summed E-state index contributed by atoms with van der Waals surface area (Å²) in [5.74, 6) is -0.221. The Morgan fingerprint density at radius 1 is 0.889 bits per heavy atom. The maximum absolute atomic E-state index is 12.0. The third kappa shape index (κ3) is 18.4. The maximum Gasteiger partial charge on any atom is 0.508 e. The molecule has 0 saturated carbocycles. The van der Waals surface area contributed by atoms with E-state index in [9.17, 15) is 9.59 Å². The van der Waals surface area contributed by atoms with Gasteiger partial charge >= 0.3 is 12.1 Å². The molecule has 0 radical (unpaired) electrons. The molecule has 0 aliphatic carbocycles. The summed E-state index contributed by atoms with van der Waals surface area (Å²) in [6, 6.07) is 0. The number of ether oxygens (including phenoxy) is 3. The normalized spacial score (nSPS) is 17.5. The van der Waals surface area contributed by atoms with E-state index in [4.69, 9.17) is 14.2 Å². The third-order valence-corrected chi connectivity index (χ3v) is 6.52. The van der Waals surface area contributed by atoms with Gasteiger partial charge in [0.15, 0.2) is 0 Å². The predicted octanol–water partition coefficient (Wildman–Crippen LogP) is 7.62. The van der Waals surface area contributed by atoms with Crippen molar-refractivity contribution >= 4 is 12.1 Å². The number of carbonyl (C=O) groups is 2. The minimum atomic E-state index is -0.624. The van der Waals surface area contributed by atoms with Crippen LogP contribution >= 0.6 is 0 Å². The van der Waals surface area contributed by atoms with E-state index in [0.717, 1.165) is 64.6 Å². The van der Waals surface area contributed by atoms with Crippen LogP contribution in [-0.4, -0.2) is 56.0 Å². The van der Waals surface area contributed by atoms with Crippen molar-refractivity contribution in [2.24, 2.45) is 5.92 Å². The zero-order chi connectivity index (χ0) is 26.3. The first-order valence-corrected chi connectivity index (χ1v) is 14.6. The van der Waals surface area contributed by atoms with Crippen LogP contribution in [0.25, 0.3) is 0 Å². The van der Waals surface area contributed by atoms with Crippen LogP contribution in [0.4, 0.5) is 4.79 Å². The van der Waals surface area contributed by atoms with Crippen molar-refractivity contribution in [3.63, 3.8) is 0 Å². The average Bonchev–Trinajstić information content (AvgIpc) is 2.88. The number of unbranched alkanes of at least 4 members (excludes halogenated alkanes) is 8. The minimum absolute atomic E-state index is 0.0513. The molecular weight excluding hydrogens is 454 g/mol. The highest BCUT2D eigenvalue weighted by molar-refractivity contribution is 5.69. The Morgan fingerprint density at radius 2 is 1.56 bits per heavy atom. The Bertz CT molecular complexity index is 618. The first-order valence-electron chi connectivity index (χ1n) is 14.6. The van der Waals surface area contributed by atoms with Crippen LogP contribution in [0.15, 0.2) is 24.3 Å². The van der Waals surface area contributed by atoms with E-state index in [1.54, 1.807) is 0 Å². The number of rotatable bonds is 20. The molecule has 1 aliphatic rings. The number of likely N-dealkylation sites (tertiary alicyclic amines) is 1. The van der Waals surface area contributed by atoms with Crippen LogP contribution in [0, 0.1) is 5.92 Å². The van der Waals surface area contributed by atoms with Crippen molar-refractivity contribution in [2.45, 2.75) is 117 Å². The lowest BCUT2D eigenvalue weighted by atomic mass is 10.1. The van der Waals surface area contributed by atoms with Gasteiger partial charge < -0.3 is 14.2 Å². The van der Waals surface area contributed by atoms with Crippen molar-refractivity contribution in [3.05, 3.63) is 24.3 Å². The van der Waals surface area contributed by atoms with E-state index in [2.05, 4.69) is 43.1 Å². The van der Waals surface area contributed by atoms with Gasteiger partial charge in [-0.3, -0.25) is 9.69 Å². The number of nitrogens with zero attached hydrogens (tertiary/aromatic N) is 1. The van der Waals surface area contributed by atoms with Crippen molar-refractivity contribution in [2.75, 3.05) is 32.8 Å². The van der Waals surface area contributed by atoms with Crippen LogP contribution in [-0.2, 0) is 19.0 Å². The van der Waals surface area contributed by atoms with Crippen molar-refractivity contribution in [1.29, 1.82) is 0 Å². The molecule has 208 valence electrons. The Hall–Kier alpha value is -1.82. The average molecular weight is 508 g/mol. The Kier molecular flexibility index (Phi) is 20.0. The van der Waals surface area contributed by atoms with Crippen molar-refractivity contribution in [1.82, 2.24) is 4.90 Å². The van der Waals surface area contributed by atoms with E-state index in [1.807, 2.05) is 6.92 Å². The standard InChI is InChI=1S/C30H53NO5/c1-4-6-7-8-9-10-11-12-13-14-15-16-17-18-19-22-29(32)34-25-27(3)26-35-30(33)36-28-21-20-23-31(5-2)24-28/h9-10,12-13,27-28H,4-8,11,14-26H2,1-3H3/b10-9-,13-12-. The summed E-state index contributed by atoms with van der Waals surface area (Å²) >= 11 is 0. The summed E-state index contributed by atoms with van der Waals surface area (Å²) in [4.78, 5) is 26.2. The summed E-state index contributed by atoms with van der Waals surface area (Å²) in [7, 11) is 0. The van der Waals surface area contributed by atoms with Crippen LogP contribution in [0.1, 0.15) is 111 Å². The highest BCUT2D eigenvalue weighted by Gasteiger charge is 2.23. The molecule has 2 unspecified atom stereocenters. The number of carbonyl (C=O) groups excluding carboxylic acids is 2. The van der Waals surface area contributed by atoms with E-state index < -0.39 is 6.16 Å². The van der Waals surface area contributed by atoms with Crippen molar-refractivity contribution in [3.8, 4) is 0 Å². The smallest absolute Gasteiger partial charge is 0.465 e. The fourth-order valence-electron chi connectivity index (χ4n) is 4.21. The molecular formula is C30H53NO5. The molecule has 0 spiro atoms. The van der Waals surface area contributed by atoms with Gasteiger partial charge in [-0.25, -0.2) is 4.79 Å². The maximum atomic E-state index is 12.0. The molecule has 2 atom stereocenters. The molecule has 0 aromatic heterocycles. The number of piperidine rings is 1. The van der Waals surface area contributed by atoms with Crippen LogP contribution in [0.5, 0.6) is 0 Å². The SMILES string of the molecule is CCCCC/C=C\C/C=C\CCCCCCCC(=O)OCC(C)COC(=O)OC1CCCN(CC)C1. The van der Waals surface area contributed by atoms with Gasteiger partial charge in [-0.2, -0.15) is 0 Å². The lowest BCUT2D eigenvalue weighted by Crippen LogP contribution is -2.40. The van der Waals surface area contributed by atoms with Gasteiger partial charge in [-0.15, -0.1) is 0 Å². The van der Waals surface area contributed by atoms with Gasteiger partial charge in [0.2, 0.25) is 0 Å². The first-order chi connectivity index (χ1) is 17.5. The van der Waals surface area contributed by atoms with E-state index in [0.29, 0.717) is 6.42 Å². The highest BCUT2D eigenvalue weighted by atomic mass is 16.7. The number of allylic oxidation sites excluding steroid dienone is 4. The summed E-state index contributed by atoms with van der Waals surface area (Å²) in [6.07, 6.45) is 23.6. The molecule has 6 heteroatoms. The largest absolute Gasteiger partial charge is 0.508 e. The Labute approximate surface area is 220 Å². The molecule has 1 fully saturated rings. The minimum Gasteiger partial charge on any atom is -0.465 e. The zero-order valence-corrected chi connectivity index (χ0v) is 23.4. The molecule has 1 heterocycles. The summed E-state index contributed by atoms with van der Waals surface area (Å²) in [5.41, 5.74) is 0. The second kappa shape index (κ2) is 22.4. The first kappa shape index (κ1) is 32.2. The second-order valence-electron chi connectivity index (χ2n) is 10.1. The zero-order valence-electron chi connectivity index (χ0n) is 23.4. The molecule has 6 nitrogen and oxygen atoms in total. The summed E-state index contributed by atoms with van der Waals surface area (Å²) < 4.78 is 16.0. The topological polar surface area (TPSA) is 65.1 Å². The quantitative estimate of drug-likeness (QED) is 0.0959. The summed E-state index contributed by atoms with van der Waals surface area (Å²) in [5, 5.41) is 0. The van der Waals surface area contributed by atoms with E-state index in [-0.39, 0.29) is 31.2 Å². The molecule has 1 rings (SSSR count). The molecule has 0 N–H and O–H groups in total. The highest BCUT2D eigenvalue weighted by Crippen LogP contribution is 2.14. The Morgan fingerprint density at radius 3 is 2.28 bits per heavy atom. The van der Waals surface area contributed by atoms with Crippen LogP contribution in [0.2, 0.25) is 0 Å². The summed E-state index contributed by atoms with van der Waals surface area (Å²) in [6.45, 7) is 9.50. The molecule has 36 heavy (non-hydrogen) atoms. The molecule has 1 saturated heterocycles. The van der Waals surface area contributed by atoms with Gasteiger partial charge in [0, 0.05) is 18.9 Å². The number of hydrogen-bond donors (Lipinski definition) is 0. The predicted molar refractivity (Wildman–Crippen MR) is 147 cm³/mol. The molecule has 1 aliphatic heterocycles. The van der Waals surface area contributed by atoms with Crippen LogP contribution in [0.3, 0.4) is 0 Å². The van der Waals surface area contributed by atoms with E-state index >= 15 is 0 Å². The van der Waals surface area contributed by atoms with Crippen LogP contribution < -0.4 is 0 Å². The second-order valence-corrected chi connectivity index (χ2v) is 10.1. The molecule has 0 bridgehead atoms. The Balaban J connectivity index is 1.93. The van der Waals surface area contributed by atoms with Gasteiger partial charge in [-0.05, 0) is 64.5 Å². The van der Waals surface area contributed by atoms with E-state index in [1.165, 1.54) is 38.5 Å². The fourth-order valence-corrected chi connectivity index (χ4v) is 4.21. The van der Waals surface area contributed by atoms with Gasteiger partial charge in [-0.1, -0.05) is 77.2 Å². The van der Waals surface area contributed by atoms with Crippen molar-refractivity contribution < 1.29 is 23.8 Å². The van der Waals surface area contributed by atoms with Gasteiger partial charge in [0.25, 0.3) is 0 Å². The molecule has 0 aromatic carbocycles. The number of esters is 1. The van der Waals surface area contributed by atoms with Gasteiger partial charge in [0.1, 0.15) is 12.7 Å².